The van der Waals surface area contributed by atoms with E-state index >= 15 is 0 Å². The lowest BCUT2D eigenvalue weighted by molar-refractivity contribution is -0.142. The molecule has 2 fully saturated rings. The molecule has 2 aliphatic heterocycles. The van der Waals surface area contributed by atoms with Gasteiger partial charge in [0.05, 0.1) is 11.1 Å². The summed E-state index contributed by atoms with van der Waals surface area (Å²) in [6.07, 6.45) is 3.01. The van der Waals surface area contributed by atoms with Crippen LogP contribution in [-0.2, 0) is 11.2 Å². The molecule has 0 N–H and O–H groups in total. The number of halogens is 1. The molecule has 1 amide bonds. The Hall–Kier alpha value is -1.59. The minimum absolute atomic E-state index is 0.311. The number of hydrogen-bond donors (Lipinski definition) is 0. The van der Waals surface area contributed by atoms with Gasteiger partial charge in [-0.25, -0.2) is 4.98 Å². The van der Waals surface area contributed by atoms with E-state index in [4.69, 9.17) is 11.6 Å². The van der Waals surface area contributed by atoms with Crippen LogP contribution in [0.25, 0.3) is 0 Å². The zero-order chi connectivity index (χ0) is 18.3. The zero-order valence-electron chi connectivity index (χ0n) is 15.3. The number of benzene rings is 1. The van der Waals surface area contributed by atoms with Crippen molar-refractivity contribution in [1.82, 2.24) is 9.88 Å². The second kappa shape index (κ2) is 6.86. The minimum atomic E-state index is -0.342. The third kappa shape index (κ3) is 3.23. The van der Waals surface area contributed by atoms with Crippen molar-refractivity contribution in [3.63, 3.8) is 0 Å². The molecule has 2 saturated heterocycles. The van der Waals surface area contributed by atoms with E-state index in [2.05, 4.69) is 21.7 Å². The first kappa shape index (κ1) is 17.8. The summed E-state index contributed by atoms with van der Waals surface area (Å²) in [5, 5.41) is 1.78. The molecule has 0 radical (unpaired) electrons. The predicted octanol–water partition coefficient (Wildman–Crippen LogP) is 4.08. The molecule has 2 aromatic rings. The number of hydrogen-bond acceptors (Lipinski definition) is 4. The highest BCUT2D eigenvalue weighted by Gasteiger charge is 2.52. The molecule has 0 aliphatic carbocycles. The molecule has 1 aromatic heterocycles. The first-order valence-electron chi connectivity index (χ1n) is 9.20. The van der Waals surface area contributed by atoms with Gasteiger partial charge in [-0.05, 0) is 50.8 Å². The maximum absolute atomic E-state index is 13.3. The van der Waals surface area contributed by atoms with Gasteiger partial charge in [0.15, 0.2) is 5.13 Å². The van der Waals surface area contributed by atoms with Crippen LogP contribution in [0, 0.1) is 19.3 Å². The maximum Gasteiger partial charge on any atom is 0.232 e. The number of nitrogens with zero attached hydrogens (tertiary/aromatic N) is 3. The van der Waals surface area contributed by atoms with Crippen LogP contribution in [0.3, 0.4) is 0 Å². The van der Waals surface area contributed by atoms with E-state index in [0.717, 1.165) is 61.3 Å². The van der Waals surface area contributed by atoms with Crippen LogP contribution in [0.15, 0.2) is 24.3 Å². The largest absolute Gasteiger partial charge is 0.346 e. The SMILES string of the molecule is Cc1nc(N2CC(Cc3ccc(Cl)cc3)(C(=O)N3CCCC3)C2)sc1C. The van der Waals surface area contributed by atoms with Gasteiger partial charge >= 0.3 is 0 Å². The van der Waals surface area contributed by atoms with Crippen molar-refractivity contribution < 1.29 is 4.79 Å². The first-order valence-corrected chi connectivity index (χ1v) is 10.4. The fourth-order valence-electron chi connectivity index (χ4n) is 3.98. The van der Waals surface area contributed by atoms with E-state index < -0.39 is 0 Å². The molecule has 6 heteroatoms. The lowest BCUT2D eigenvalue weighted by Gasteiger charge is -2.50. The van der Waals surface area contributed by atoms with Crippen molar-refractivity contribution in [2.75, 3.05) is 31.1 Å². The second-order valence-electron chi connectivity index (χ2n) is 7.58. The van der Waals surface area contributed by atoms with Crippen LogP contribution in [0.4, 0.5) is 5.13 Å². The number of aryl methyl sites for hydroxylation is 2. The van der Waals surface area contributed by atoms with E-state index in [1.54, 1.807) is 11.3 Å². The Balaban J connectivity index is 1.56. The highest BCUT2D eigenvalue weighted by molar-refractivity contribution is 7.15. The van der Waals surface area contributed by atoms with Gasteiger partial charge in [0.25, 0.3) is 0 Å². The predicted molar refractivity (Wildman–Crippen MR) is 107 cm³/mol. The second-order valence-corrected chi connectivity index (χ2v) is 9.20. The Bertz CT molecular complexity index is 785. The Morgan fingerprint density at radius 2 is 1.85 bits per heavy atom. The van der Waals surface area contributed by atoms with Crippen LogP contribution < -0.4 is 4.90 Å². The van der Waals surface area contributed by atoms with Crippen LogP contribution in [0.1, 0.15) is 29.0 Å². The number of aromatic nitrogens is 1. The summed E-state index contributed by atoms with van der Waals surface area (Å²) in [5.74, 6) is 0.311. The fourth-order valence-corrected chi connectivity index (χ4v) is 5.02. The van der Waals surface area contributed by atoms with Crippen molar-refractivity contribution in [1.29, 1.82) is 0 Å². The van der Waals surface area contributed by atoms with Gasteiger partial charge in [-0.2, -0.15) is 0 Å². The van der Waals surface area contributed by atoms with Crippen LogP contribution in [-0.4, -0.2) is 42.0 Å². The minimum Gasteiger partial charge on any atom is -0.346 e. The van der Waals surface area contributed by atoms with E-state index in [1.165, 1.54) is 10.4 Å². The summed E-state index contributed by atoms with van der Waals surface area (Å²) < 4.78 is 0. The zero-order valence-corrected chi connectivity index (χ0v) is 16.9. The molecule has 0 bridgehead atoms. The Morgan fingerprint density at radius 3 is 2.42 bits per heavy atom. The van der Waals surface area contributed by atoms with Crippen LogP contribution in [0.5, 0.6) is 0 Å². The Labute approximate surface area is 163 Å². The van der Waals surface area contributed by atoms with Gasteiger partial charge < -0.3 is 9.80 Å². The van der Waals surface area contributed by atoms with E-state index in [0.29, 0.717) is 5.91 Å². The van der Waals surface area contributed by atoms with Gasteiger partial charge in [-0.15, -0.1) is 11.3 Å². The van der Waals surface area contributed by atoms with Crippen molar-refractivity contribution in [3.05, 3.63) is 45.4 Å². The molecule has 1 aromatic carbocycles. The quantitative estimate of drug-likeness (QED) is 0.790. The molecule has 0 atom stereocenters. The molecule has 3 heterocycles. The number of rotatable bonds is 4. The summed E-state index contributed by atoms with van der Waals surface area (Å²) in [6, 6.07) is 7.91. The topological polar surface area (TPSA) is 36.4 Å². The Kier molecular flexibility index (Phi) is 4.70. The molecular weight excluding hydrogens is 366 g/mol. The van der Waals surface area contributed by atoms with E-state index in [9.17, 15) is 4.79 Å². The number of thiazole rings is 1. The summed E-state index contributed by atoms with van der Waals surface area (Å²) in [6.45, 7) is 7.44. The molecule has 0 spiro atoms. The highest BCUT2D eigenvalue weighted by atomic mass is 35.5. The van der Waals surface area contributed by atoms with Crippen molar-refractivity contribution in [2.45, 2.75) is 33.1 Å². The summed E-state index contributed by atoms with van der Waals surface area (Å²) in [4.78, 5) is 23.6. The number of carbonyl (C=O) groups excluding carboxylic acids is 1. The van der Waals surface area contributed by atoms with Crippen LogP contribution in [0.2, 0.25) is 5.02 Å². The normalized spacial score (nSPS) is 18.9. The third-order valence-corrected chi connectivity index (χ3v) is 6.96. The molecule has 0 saturated carbocycles. The summed E-state index contributed by atoms with van der Waals surface area (Å²) in [5.41, 5.74) is 1.92. The molecule has 2 aliphatic rings. The average molecular weight is 390 g/mol. The number of amides is 1. The van der Waals surface area contributed by atoms with Gasteiger partial charge in [-0.1, -0.05) is 23.7 Å². The smallest absolute Gasteiger partial charge is 0.232 e. The van der Waals surface area contributed by atoms with E-state index in [-0.39, 0.29) is 5.41 Å². The lowest BCUT2D eigenvalue weighted by Crippen LogP contribution is -2.64. The van der Waals surface area contributed by atoms with Crippen LogP contribution >= 0.6 is 22.9 Å². The van der Waals surface area contributed by atoms with Crippen molar-refractivity contribution >= 4 is 34.0 Å². The number of carbonyl (C=O) groups is 1. The standard InChI is InChI=1S/C20H24ClN3OS/c1-14-15(2)26-19(22-14)24-12-20(13-24,18(25)23-9-3-4-10-23)11-16-5-7-17(21)8-6-16/h5-8H,3-4,9-13H2,1-2H3. The highest BCUT2D eigenvalue weighted by Crippen LogP contribution is 2.41. The average Bonchev–Trinajstić information content (AvgIpc) is 3.22. The Morgan fingerprint density at radius 1 is 1.19 bits per heavy atom. The lowest BCUT2D eigenvalue weighted by atomic mass is 9.73. The monoisotopic (exact) mass is 389 g/mol. The molecule has 138 valence electrons. The number of likely N-dealkylation sites (tertiary alicyclic amines) is 1. The van der Waals surface area contributed by atoms with Crippen molar-refractivity contribution in [2.24, 2.45) is 5.41 Å². The van der Waals surface area contributed by atoms with Crippen molar-refractivity contribution in [3.8, 4) is 0 Å². The molecule has 26 heavy (non-hydrogen) atoms. The molecule has 0 unspecified atom stereocenters. The fraction of sp³-hybridized carbons (Fsp3) is 0.500. The van der Waals surface area contributed by atoms with Gasteiger partial charge in [0.1, 0.15) is 0 Å². The number of anilines is 1. The summed E-state index contributed by atoms with van der Waals surface area (Å²) in [7, 11) is 0. The molecule has 4 rings (SSSR count). The third-order valence-electron chi connectivity index (χ3n) is 5.58. The van der Waals surface area contributed by atoms with Gasteiger partial charge in [0, 0.05) is 36.1 Å². The van der Waals surface area contributed by atoms with Gasteiger partial charge in [0.2, 0.25) is 5.91 Å². The van der Waals surface area contributed by atoms with E-state index in [1.807, 2.05) is 31.2 Å². The molecule has 4 nitrogen and oxygen atoms in total. The molecular formula is C20H24ClN3OS. The maximum atomic E-state index is 13.3. The summed E-state index contributed by atoms with van der Waals surface area (Å²) >= 11 is 7.75. The first-order chi connectivity index (χ1) is 12.5. The van der Waals surface area contributed by atoms with Gasteiger partial charge in [-0.3, -0.25) is 4.79 Å².